The lowest BCUT2D eigenvalue weighted by Gasteiger charge is -2.01. The highest BCUT2D eigenvalue weighted by molar-refractivity contribution is 5.33. The number of hydrogen-bond donors (Lipinski definition) is 0. The van der Waals surface area contributed by atoms with Gasteiger partial charge in [-0.2, -0.15) is 0 Å². The Morgan fingerprint density at radius 3 is 2.23 bits per heavy atom. The van der Waals surface area contributed by atoms with Crippen molar-refractivity contribution < 1.29 is 0 Å². The summed E-state index contributed by atoms with van der Waals surface area (Å²) in [6.07, 6.45) is 9.39. The summed E-state index contributed by atoms with van der Waals surface area (Å²) in [6.45, 7) is 12.3. The average molecular weight is 176 g/mol. The van der Waals surface area contributed by atoms with Gasteiger partial charge in [-0.3, -0.25) is 0 Å². The summed E-state index contributed by atoms with van der Waals surface area (Å²) in [5.41, 5.74) is 3.79. The molecule has 0 fully saturated rings. The first-order chi connectivity index (χ1) is 6.11. The van der Waals surface area contributed by atoms with Gasteiger partial charge in [-0.15, -0.1) is 0 Å². The molecule has 0 spiro atoms. The zero-order valence-electron chi connectivity index (χ0n) is 9.22. The van der Waals surface area contributed by atoms with E-state index in [1.54, 1.807) is 0 Å². The van der Waals surface area contributed by atoms with Gasteiger partial charge in [0.05, 0.1) is 0 Å². The van der Waals surface area contributed by atoms with E-state index in [9.17, 15) is 0 Å². The Morgan fingerprint density at radius 2 is 1.77 bits per heavy atom. The normalized spacial score (nSPS) is 13.8. The standard InChI is InChI=1S/C13H20/c1-6-8-9-11(3)10-13(5)12(4)7-2/h6-8,10H,3,9H2,1-2,4-5H3. The Bertz CT molecular complexity index is 249. The highest BCUT2D eigenvalue weighted by Gasteiger charge is 1.92. The summed E-state index contributed by atoms with van der Waals surface area (Å²) < 4.78 is 0. The fourth-order valence-electron chi connectivity index (χ4n) is 0.976. The summed E-state index contributed by atoms with van der Waals surface area (Å²) in [5, 5.41) is 0. The van der Waals surface area contributed by atoms with E-state index in [0.717, 1.165) is 12.0 Å². The minimum atomic E-state index is 0.949. The van der Waals surface area contributed by atoms with E-state index < -0.39 is 0 Å². The molecule has 0 aliphatic carbocycles. The Hall–Kier alpha value is -1.04. The highest BCUT2D eigenvalue weighted by atomic mass is 14.0. The van der Waals surface area contributed by atoms with Crippen molar-refractivity contribution in [3.63, 3.8) is 0 Å². The van der Waals surface area contributed by atoms with Crippen molar-refractivity contribution in [3.8, 4) is 0 Å². The zero-order chi connectivity index (χ0) is 10.3. The van der Waals surface area contributed by atoms with Crippen molar-refractivity contribution in [2.45, 2.75) is 34.1 Å². The largest absolute Gasteiger partial charge is 0.0955 e. The molecule has 0 aromatic rings. The van der Waals surface area contributed by atoms with E-state index in [2.05, 4.69) is 51.7 Å². The lowest BCUT2D eigenvalue weighted by atomic mass is 10.1. The SMILES string of the molecule is C=C(C=C(C)C(C)=CC)CC=CC. The Balaban J connectivity index is 4.31. The molecular weight excluding hydrogens is 156 g/mol. The van der Waals surface area contributed by atoms with E-state index in [0.29, 0.717) is 0 Å². The van der Waals surface area contributed by atoms with Gasteiger partial charge in [-0.1, -0.05) is 42.0 Å². The van der Waals surface area contributed by atoms with Crippen molar-refractivity contribution >= 4 is 0 Å². The van der Waals surface area contributed by atoms with Crippen LogP contribution in [0.5, 0.6) is 0 Å². The molecule has 0 saturated heterocycles. The van der Waals surface area contributed by atoms with Gasteiger partial charge in [0.25, 0.3) is 0 Å². The third-order valence-electron chi connectivity index (χ3n) is 2.09. The van der Waals surface area contributed by atoms with Crippen molar-refractivity contribution in [1.82, 2.24) is 0 Å². The smallest absolute Gasteiger partial charge is 0.0103 e. The Labute approximate surface area is 82.4 Å². The van der Waals surface area contributed by atoms with Crippen LogP contribution in [0.15, 0.2) is 47.6 Å². The predicted molar refractivity (Wildman–Crippen MR) is 61.8 cm³/mol. The molecule has 0 heteroatoms. The van der Waals surface area contributed by atoms with Crippen LogP contribution in [-0.4, -0.2) is 0 Å². The van der Waals surface area contributed by atoms with Crippen molar-refractivity contribution in [2.24, 2.45) is 0 Å². The second kappa shape index (κ2) is 6.47. The molecule has 0 unspecified atom stereocenters. The lowest BCUT2D eigenvalue weighted by Crippen LogP contribution is -1.81. The van der Waals surface area contributed by atoms with Gasteiger partial charge in [0.15, 0.2) is 0 Å². The summed E-state index contributed by atoms with van der Waals surface area (Å²) in [6, 6.07) is 0. The maximum absolute atomic E-state index is 3.99. The summed E-state index contributed by atoms with van der Waals surface area (Å²) in [7, 11) is 0. The quantitative estimate of drug-likeness (QED) is 0.439. The van der Waals surface area contributed by atoms with Crippen molar-refractivity contribution in [2.75, 3.05) is 0 Å². The summed E-state index contributed by atoms with van der Waals surface area (Å²) in [4.78, 5) is 0. The van der Waals surface area contributed by atoms with E-state index in [1.165, 1.54) is 11.1 Å². The van der Waals surface area contributed by atoms with Crippen LogP contribution in [0.4, 0.5) is 0 Å². The first kappa shape index (κ1) is 12.0. The molecule has 0 radical (unpaired) electrons. The molecule has 0 aliphatic heterocycles. The molecule has 0 aromatic carbocycles. The first-order valence-electron chi connectivity index (χ1n) is 4.72. The van der Waals surface area contributed by atoms with Gasteiger partial charge >= 0.3 is 0 Å². The van der Waals surface area contributed by atoms with E-state index in [4.69, 9.17) is 0 Å². The monoisotopic (exact) mass is 176 g/mol. The molecule has 13 heavy (non-hydrogen) atoms. The minimum absolute atomic E-state index is 0.949. The molecule has 0 heterocycles. The van der Waals surface area contributed by atoms with Crippen LogP contribution in [0.1, 0.15) is 34.1 Å². The topological polar surface area (TPSA) is 0 Å². The second-order valence-corrected chi connectivity index (χ2v) is 3.23. The van der Waals surface area contributed by atoms with Gasteiger partial charge in [-0.05, 0) is 39.7 Å². The van der Waals surface area contributed by atoms with Crippen LogP contribution in [0, 0.1) is 0 Å². The molecular formula is C13H20. The van der Waals surface area contributed by atoms with Crippen LogP contribution in [0.2, 0.25) is 0 Å². The molecule has 0 amide bonds. The molecule has 0 atom stereocenters. The summed E-state index contributed by atoms with van der Waals surface area (Å²) in [5.74, 6) is 0. The van der Waals surface area contributed by atoms with Crippen molar-refractivity contribution in [1.29, 1.82) is 0 Å². The third kappa shape index (κ3) is 5.24. The lowest BCUT2D eigenvalue weighted by molar-refractivity contribution is 1.24. The number of allylic oxidation sites excluding steroid dienone is 7. The molecule has 0 rings (SSSR count). The Kier molecular flexibility index (Phi) is 5.96. The van der Waals surface area contributed by atoms with Gasteiger partial charge in [0.2, 0.25) is 0 Å². The van der Waals surface area contributed by atoms with Crippen LogP contribution >= 0.6 is 0 Å². The van der Waals surface area contributed by atoms with E-state index >= 15 is 0 Å². The minimum Gasteiger partial charge on any atom is -0.0955 e. The van der Waals surface area contributed by atoms with Crippen LogP contribution < -0.4 is 0 Å². The second-order valence-electron chi connectivity index (χ2n) is 3.23. The van der Waals surface area contributed by atoms with Crippen molar-refractivity contribution in [3.05, 3.63) is 47.6 Å². The molecule has 0 aromatic heterocycles. The average Bonchev–Trinajstić information content (AvgIpc) is 2.13. The van der Waals surface area contributed by atoms with Gasteiger partial charge in [0, 0.05) is 0 Å². The fraction of sp³-hybridized carbons (Fsp3) is 0.385. The first-order valence-corrected chi connectivity index (χ1v) is 4.72. The molecule has 0 saturated carbocycles. The van der Waals surface area contributed by atoms with Crippen LogP contribution in [-0.2, 0) is 0 Å². The Morgan fingerprint density at radius 1 is 1.15 bits per heavy atom. The fourth-order valence-corrected chi connectivity index (χ4v) is 0.976. The van der Waals surface area contributed by atoms with E-state index in [-0.39, 0.29) is 0 Å². The number of rotatable bonds is 4. The molecule has 72 valence electrons. The highest BCUT2D eigenvalue weighted by Crippen LogP contribution is 2.12. The maximum atomic E-state index is 3.99. The van der Waals surface area contributed by atoms with Crippen LogP contribution in [0.25, 0.3) is 0 Å². The van der Waals surface area contributed by atoms with Gasteiger partial charge < -0.3 is 0 Å². The maximum Gasteiger partial charge on any atom is -0.0103 e. The van der Waals surface area contributed by atoms with Gasteiger partial charge in [0.1, 0.15) is 0 Å². The number of hydrogen-bond acceptors (Lipinski definition) is 0. The molecule has 0 nitrogen and oxygen atoms in total. The molecule has 0 aliphatic rings. The third-order valence-corrected chi connectivity index (χ3v) is 2.09. The summed E-state index contributed by atoms with van der Waals surface area (Å²) >= 11 is 0. The van der Waals surface area contributed by atoms with E-state index in [1.807, 2.05) is 6.92 Å². The predicted octanol–water partition coefficient (Wildman–Crippen LogP) is 4.42. The van der Waals surface area contributed by atoms with Gasteiger partial charge in [-0.25, -0.2) is 0 Å². The zero-order valence-corrected chi connectivity index (χ0v) is 9.22. The molecule has 0 bridgehead atoms. The molecule has 0 N–H and O–H groups in total. The van der Waals surface area contributed by atoms with Crippen LogP contribution in [0.3, 0.4) is 0 Å².